The van der Waals surface area contributed by atoms with E-state index >= 15 is 0 Å². The van der Waals surface area contributed by atoms with Crippen molar-refractivity contribution in [1.82, 2.24) is 4.98 Å². The molecule has 0 bridgehead atoms. The molecule has 0 atom stereocenters. The van der Waals surface area contributed by atoms with Crippen molar-refractivity contribution in [2.45, 2.75) is 26.2 Å². The summed E-state index contributed by atoms with van der Waals surface area (Å²) in [5.74, 6) is -0.732. The first kappa shape index (κ1) is 10.9. The van der Waals surface area contributed by atoms with E-state index in [4.69, 9.17) is 0 Å². The van der Waals surface area contributed by atoms with Gasteiger partial charge in [-0.3, -0.25) is 4.79 Å². The third-order valence-corrected chi connectivity index (χ3v) is 2.65. The summed E-state index contributed by atoms with van der Waals surface area (Å²) in [6.07, 6.45) is 0. The maximum atomic E-state index is 13.3. The number of H-pyrrole nitrogens is 1. The number of hydrogen-bond donors (Lipinski definition) is 1. The number of aromatic nitrogens is 1. The van der Waals surface area contributed by atoms with Gasteiger partial charge in [0.25, 0.3) is 5.56 Å². The van der Waals surface area contributed by atoms with Gasteiger partial charge in [-0.2, -0.15) is 0 Å². The minimum atomic E-state index is -0.732. The van der Waals surface area contributed by atoms with E-state index < -0.39 is 11.4 Å². The molecule has 1 aromatic heterocycles. The Balaban J connectivity index is 2.88. The van der Waals surface area contributed by atoms with E-state index in [1.165, 1.54) is 6.07 Å². The lowest BCUT2D eigenvalue weighted by molar-refractivity contribution is 0.592. The molecule has 0 spiro atoms. The van der Waals surface area contributed by atoms with Crippen LogP contribution in [-0.4, -0.2) is 4.98 Å². The summed E-state index contributed by atoms with van der Waals surface area (Å²) in [6, 6.07) is 6.93. The smallest absolute Gasteiger partial charge is 0.284 e. The zero-order valence-corrected chi connectivity index (χ0v) is 9.60. The van der Waals surface area contributed by atoms with Crippen LogP contribution >= 0.6 is 0 Å². The van der Waals surface area contributed by atoms with Crippen molar-refractivity contribution in [3.8, 4) is 0 Å². The lowest BCUT2D eigenvalue weighted by Gasteiger charge is -2.21. The molecule has 0 radical (unpaired) electrons. The summed E-state index contributed by atoms with van der Waals surface area (Å²) in [4.78, 5) is 13.7. The fourth-order valence-corrected chi connectivity index (χ4v) is 1.86. The van der Waals surface area contributed by atoms with E-state index in [0.717, 1.165) is 10.9 Å². The lowest BCUT2D eigenvalue weighted by atomic mass is 9.84. The lowest BCUT2D eigenvalue weighted by Crippen LogP contribution is -2.15. The zero-order valence-electron chi connectivity index (χ0n) is 9.60. The number of aromatic amines is 1. The molecule has 1 N–H and O–H groups in total. The second-order valence-corrected chi connectivity index (χ2v) is 4.96. The van der Waals surface area contributed by atoms with Crippen molar-refractivity contribution in [1.29, 1.82) is 0 Å². The molecule has 0 saturated carbocycles. The highest BCUT2D eigenvalue weighted by Gasteiger charge is 2.17. The monoisotopic (exact) mass is 219 g/mol. The first-order valence-corrected chi connectivity index (χ1v) is 5.21. The molecule has 1 heterocycles. The number of fused-ring (bicyclic) bond motifs is 1. The number of nitrogens with one attached hydrogen (secondary N) is 1. The first-order chi connectivity index (χ1) is 7.39. The molecular formula is C13H14FNO. The second kappa shape index (κ2) is 3.44. The van der Waals surface area contributed by atoms with Gasteiger partial charge in [0.15, 0.2) is 5.82 Å². The van der Waals surface area contributed by atoms with Gasteiger partial charge < -0.3 is 4.98 Å². The minimum absolute atomic E-state index is 0.0792. The molecule has 0 amide bonds. The predicted octanol–water partition coefficient (Wildman–Crippen LogP) is 2.96. The van der Waals surface area contributed by atoms with Gasteiger partial charge in [0.2, 0.25) is 0 Å². The molecule has 0 aliphatic carbocycles. The Hall–Kier alpha value is -1.64. The van der Waals surface area contributed by atoms with Gasteiger partial charge in [-0.1, -0.05) is 32.9 Å². The molecule has 1 aromatic carbocycles. The fraction of sp³-hybridized carbons (Fsp3) is 0.308. The maximum absolute atomic E-state index is 13.3. The molecule has 2 aromatic rings. The Bertz CT molecular complexity index is 593. The largest absolute Gasteiger partial charge is 0.319 e. The van der Waals surface area contributed by atoms with Gasteiger partial charge in [-0.15, -0.1) is 0 Å². The summed E-state index contributed by atoms with van der Waals surface area (Å²) < 4.78 is 13.3. The Kier molecular flexibility index (Phi) is 2.34. The van der Waals surface area contributed by atoms with Crippen LogP contribution in [0.1, 0.15) is 26.3 Å². The Morgan fingerprint density at radius 3 is 2.56 bits per heavy atom. The van der Waals surface area contributed by atoms with Crippen molar-refractivity contribution in [3.63, 3.8) is 0 Å². The van der Waals surface area contributed by atoms with Crippen LogP contribution < -0.4 is 5.56 Å². The molecule has 0 aliphatic heterocycles. The number of rotatable bonds is 0. The molecule has 16 heavy (non-hydrogen) atoms. The van der Waals surface area contributed by atoms with Crippen LogP contribution in [0.5, 0.6) is 0 Å². The van der Waals surface area contributed by atoms with Gasteiger partial charge >= 0.3 is 0 Å². The number of hydrogen-bond acceptors (Lipinski definition) is 1. The van der Waals surface area contributed by atoms with E-state index in [-0.39, 0.29) is 5.41 Å². The van der Waals surface area contributed by atoms with E-state index in [0.29, 0.717) is 5.52 Å². The summed E-state index contributed by atoms with van der Waals surface area (Å²) >= 11 is 0. The van der Waals surface area contributed by atoms with E-state index in [1.807, 2.05) is 12.1 Å². The average molecular weight is 219 g/mol. The molecule has 3 heteroatoms. The van der Waals surface area contributed by atoms with Crippen LogP contribution in [0.2, 0.25) is 0 Å². The summed E-state index contributed by atoms with van der Waals surface area (Å²) in [7, 11) is 0. The second-order valence-electron chi connectivity index (χ2n) is 4.96. The van der Waals surface area contributed by atoms with Crippen LogP contribution in [0.4, 0.5) is 4.39 Å². The van der Waals surface area contributed by atoms with Crippen LogP contribution in [0.3, 0.4) is 0 Å². The molecule has 0 fully saturated rings. The Morgan fingerprint density at radius 1 is 1.25 bits per heavy atom. The molecule has 0 unspecified atom stereocenters. The third kappa shape index (κ3) is 1.73. The molecule has 0 aliphatic rings. The summed E-state index contributed by atoms with van der Waals surface area (Å²) in [6.45, 7) is 6.18. The highest BCUT2D eigenvalue weighted by molar-refractivity contribution is 5.83. The first-order valence-electron chi connectivity index (χ1n) is 5.21. The standard InChI is InChI=1S/C13H14FNO/c1-13(2,3)9-5-4-6-11-8(9)7-10(14)12(16)15-11/h4-7H,1-3H3,(H,15,16). The van der Waals surface area contributed by atoms with Crippen molar-refractivity contribution in [3.05, 3.63) is 46.0 Å². The summed E-state index contributed by atoms with van der Waals surface area (Å²) in [5, 5.41) is 0.770. The highest BCUT2D eigenvalue weighted by atomic mass is 19.1. The van der Waals surface area contributed by atoms with Crippen molar-refractivity contribution >= 4 is 10.9 Å². The average Bonchev–Trinajstić information content (AvgIpc) is 2.17. The van der Waals surface area contributed by atoms with Gasteiger partial charge in [0.05, 0.1) is 0 Å². The van der Waals surface area contributed by atoms with Crippen molar-refractivity contribution < 1.29 is 4.39 Å². The molecule has 2 nitrogen and oxygen atoms in total. The van der Waals surface area contributed by atoms with E-state index in [9.17, 15) is 9.18 Å². The number of pyridine rings is 1. The SMILES string of the molecule is CC(C)(C)c1cccc2[nH]c(=O)c(F)cc12. The van der Waals surface area contributed by atoms with Crippen molar-refractivity contribution in [2.24, 2.45) is 0 Å². The number of halogens is 1. The zero-order chi connectivity index (χ0) is 11.9. The van der Waals surface area contributed by atoms with Crippen molar-refractivity contribution in [2.75, 3.05) is 0 Å². The topological polar surface area (TPSA) is 32.9 Å². The highest BCUT2D eigenvalue weighted by Crippen LogP contribution is 2.28. The van der Waals surface area contributed by atoms with Gasteiger partial charge in [0, 0.05) is 10.9 Å². The molecule has 84 valence electrons. The van der Waals surface area contributed by atoms with Crippen LogP contribution in [-0.2, 0) is 5.41 Å². The quantitative estimate of drug-likeness (QED) is 0.726. The Morgan fingerprint density at radius 2 is 1.94 bits per heavy atom. The van der Waals surface area contributed by atoms with Crippen LogP contribution in [0.25, 0.3) is 10.9 Å². The van der Waals surface area contributed by atoms with E-state index in [1.54, 1.807) is 6.07 Å². The Labute approximate surface area is 93.1 Å². The number of benzene rings is 1. The fourth-order valence-electron chi connectivity index (χ4n) is 1.86. The van der Waals surface area contributed by atoms with Gasteiger partial charge in [-0.05, 0) is 23.1 Å². The van der Waals surface area contributed by atoms with Gasteiger partial charge in [0.1, 0.15) is 0 Å². The summed E-state index contributed by atoms with van der Waals surface area (Å²) in [5.41, 5.74) is 0.960. The van der Waals surface area contributed by atoms with Crippen LogP contribution in [0, 0.1) is 5.82 Å². The minimum Gasteiger partial charge on any atom is -0.319 e. The van der Waals surface area contributed by atoms with Gasteiger partial charge in [-0.25, -0.2) is 4.39 Å². The molecule has 2 rings (SSSR count). The van der Waals surface area contributed by atoms with E-state index in [2.05, 4.69) is 25.8 Å². The molecule has 0 saturated heterocycles. The molecular weight excluding hydrogens is 205 g/mol. The predicted molar refractivity (Wildman–Crippen MR) is 63.2 cm³/mol. The third-order valence-electron chi connectivity index (χ3n) is 2.65. The normalized spacial score (nSPS) is 12.0. The maximum Gasteiger partial charge on any atom is 0.284 e. The van der Waals surface area contributed by atoms with Crippen LogP contribution in [0.15, 0.2) is 29.1 Å².